The highest BCUT2D eigenvalue weighted by atomic mass is 16.5. The molecule has 0 fully saturated rings. The Labute approximate surface area is 182 Å². The lowest BCUT2D eigenvalue weighted by molar-refractivity contribution is 0.201. The first-order valence-electron chi connectivity index (χ1n) is 10.3. The Kier molecular flexibility index (Phi) is 5.87. The Morgan fingerprint density at radius 1 is 0.774 bits per heavy atom. The molecule has 31 heavy (non-hydrogen) atoms. The molecule has 1 heterocycles. The van der Waals surface area contributed by atoms with Crippen LogP contribution in [0, 0.1) is 0 Å². The van der Waals surface area contributed by atoms with Crippen molar-refractivity contribution >= 4 is 0 Å². The van der Waals surface area contributed by atoms with E-state index in [9.17, 15) is 0 Å². The zero-order valence-electron chi connectivity index (χ0n) is 18.0. The van der Waals surface area contributed by atoms with Crippen molar-refractivity contribution in [3.63, 3.8) is 0 Å². The molecule has 0 bridgehead atoms. The molecule has 4 rings (SSSR count). The highest BCUT2D eigenvalue weighted by Crippen LogP contribution is 2.29. The van der Waals surface area contributed by atoms with Crippen LogP contribution in [-0.2, 0) is 5.41 Å². The second-order valence-corrected chi connectivity index (χ2v) is 8.42. The van der Waals surface area contributed by atoms with Gasteiger partial charge in [-0.15, -0.1) is 10.2 Å². The van der Waals surface area contributed by atoms with E-state index in [-0.39, 0.29) is 18.6 Å². The van der Waals surface area contributed by atoms with E-state index in [0.29, 0.717) is 11.8 Å². The van der Waals surface area contributed by atoms with Gasteiger partial charge in [-0.2, -0.15) is 0 Å². The van der Waals surface area contributed by atoms with Crippen molar-refractivity contribution < 1.29 is 14.3 Å². The molecule has 0 unspecified atom stereocenters. The number of rotatable bonds is 6. The third kappa shape index (κ3) is 4.84. The molecule has 4 aromatic rings. The summed E-state index contributed by atoms with van der Waals surface area (Å²) in [6.45, 7) is 6.84. The molecule has 0 atom stereocenters. The minimum atomic E-state index is -0.00811. The van der Waals surface area contributed by atoms with Gasteiger partial charge in [-0.3, -0.25) is 0 Å². The van der Waals surface area contributed by atoms with Gasteiger partial charge in [-0.25, -0.2) is 0 Å². The first-order valence-corrected chi connectivity index (χ1v) is 10.3. The minimum absolute atomic E-state index is 0.00811. The maximum absolute atomic E-state index is 8.93. The van der Waals surface area contributed by atoms with Crippen LogP contribution in [0.25, 0.3) is 34.0 Å². The van der Waals surface area contributed by atoms with E-state index < -0.39 is 0 Å². The van der Waals surface area contributed by atoms with Gasteiger partial charge in [0.05, 0.1) is 6.61 Å². The minimum Gasteiger partial charge on any atom is -0.491 e. The maximum atomic E-state index is 8.93. The van der Waals surface area contributed by atoms with E-state index in [1.54, 1.807) is 0 Å². The lowest BCUT2D eigenvalue weighted by Crippen LogP contribution is -2.10. The van der Waals surface area contributed by atoms with Crippen molar-refractivity contribution in [2.45, 2.75) is 26.2 Å². The summed E-state index contributed by atoms with van der Waals surface area (Å²) >= 11 is 0. The molecule has 3 aromatic carbocycles. The van der Waals surface area contributed by atoms with Crippen molar-refractivity contribution in [2.75, 3.05) is 13.2 Å². The molecule has 0 aliphatic carbocycles. The van der Waals surface area contributed by atoms with Crippen molar-refractivity contribution in [3.05, 3.63) is 78.4 Å². The smallest absolute Gasteiger partial charge is 0.248 e. The van der Waals surface area contributed by atoms with Crippen LogP contribution in [0.2, 0.25) is 0 Å². The third-order valence-corrected chi connectivity index (χ3v) is 5.08. The summed E-state index contributed by atoms with van der Waals surface area (Å²) in [7, 11) is 0. The zero-order valence-corrected chi connectivity index (χ0v) is 18.0. The maximum Gasteiger partial charge on any atom is 0.248 e. The monoisotopic (exact) mass is 414 g/mol. The van der Waals surface area contributed by atoms with Crippen LogP contribution < -0.4 is 4.74 Å². The second kappa shape index (κ2) is 8.74. The largest absolute Gasteiger partial charge is 0.491 e. The average molecular weight is 415 g/mol. The Bertz CT molecular complexity index is 1140. The fourth-order valence-electron chi connectivity index (χ4n) is 3.30. The van der Waals surface area contributed by atoms with Gasteiger partial charge in [0.1, 0.15) is 12.4 Å². The number of hydrogen-bond donors (Lipinski definition) is 1. The fourth-order valence-corrected chi connectivity index (χ4v) is 3.30. The van der Waals surface area contributed by atoms with Crippen LogP contribution in [0.5, 0.6) is 5.75 Å². The van der Waals surface area contributed by atoms with E-state index in [1.165, 1.54) is 5.56 Å². The van der Waals surface area contributed by atoms with E-state index in [4.69, 9.17) is 14.3 Å². The average Bonchev–Trinajstić information content (AvgIpc) is 3.28. The van der Waals surface area contributed by atoms with Crippen molar-refractivity contribution in [1.29, 1.82) is 0 Å². The van der Waals surface area contributed by atoms with Crippen LogP contribution >= 0.6 is 0 Å². The molecule has 0 aliphatic rings. The quantitative estimate of drug-likeness (QED) is 0.436. The molecule has 5 nitrogen and oxygen atoms in total. The van der Waals surface area contributed by atoms with Gasteiger partial charge in [0.15, 0.2) is 0 Å². The first kappa shape index (κ1) is 20.8. The predicted octanol–water partition coefficient (Wildman–Crippen LogP) is 5.74. The Morgan fingerprint density at radius 2 is 1.35 bits per heavy atom. The molecule has 158 valence electrons. The van der Waals surface area contributed by atoms with Gasteiger partial charge in [0, 0.05) is 11.1 Å². The number of aliphatic hydroxyl groups excluding tert-OH is 1. The molecule has 0 radical (unpaired) electrons. The van der Waals surface area contributed by atoms with Gasteiger partial charge in [0.25, 0.3) is 0 Å². The van der Waals surface area contributed by atoms with Crippen LogP contribution in [0.1, 0.15) is 26.3 Å². The molecule has 0 aliphatic heterocycles. The molecule has 5 heteroatoms. The van der Waals surface area contributed by atoms with Crippen LogP contribution in [0.3, 0.4) is 0 Å². The predicted molar refractivity (Wildman–Crippen MR) is 122 cm³/mol. The first-order chi connectivity index (χ1) is 14.9. The summed E-state index contributed by atoms with van der Waals surface area (Å²) in [5, 5.41) is 17.4. The molecular weight excluding hydrogens is 388 g/mol. The lowest BCUT2D eigenvalue weighted by Gasteiger charge is -2.18. The highest BCUT2D eigenvalue weighted by Gasteiger charge is 2.15. The number of hydrogen-bond acceptors (Lipinski definition) is 5. The van der Waals surface area contributed by atoms with Crippen molar-refractivity contribution in [3.8, 4) is 39.8 Å². The summed E-state index contributed by atoms with van der Waals surface area (Å²) in [5.74, 6) is 1.73. The SMILES string of the molecule is CC(C)(C)c1ccc(-c2nnc(-c3ccc(-c4cccc(OCCO)c4)cc3)o2)cc1. The molecule has 0 spiro atoms. The van der Waals surface area contributed by atoms with E-state index in [2.05, 4.69) is 43.1 Å². The zero-order chi connectivity index (χ0) is 21.8. The Hall–Kier alpha value is -3.44. The summed E-state index contributed by atoms with van der Waals surface area (Å²) < 4.78 is 11.4. The summed E-state index contributed by atoms with van der Waals surface area (Å²) in [6, 6.07) is 24.0. The number of ether oxygens (including phenoxy) is 1. The fraction of sp³-hybridized carbons (Fsp3) is 0.231. The standard InChI is InChI=1S/C26H26N2O3/c1-26(2,3)22-13-11-20(12-14-22)25-28-27-24(31-25)19-9-7-18(8-10-19)21-5-4-6-23(17-21)30-16-15-29/h4-14,17,29H,15-16H2,1-3H3. The number of nitrogens with zero attached hydrogens (tertiary/aromatic N) is 2. The molecule has 1 N–H and O–H groups in total. The third-order valence-electron chi connectivity index (χ3n) is 5.08. The van der Waals surface area contributed by atoms with Gasteiger partial charge in [-0.05, 0) is 58.5 Å². The molecule has 1 aromatic heterocycles. The van der Waals surface area contributed by atoms with Crippen LogP contribution in [-0.4, -0.2) is 28.5 Å². The second-order valence-electron chi connectivity index (χ2n) is 8.42. The summed E-state index contributed by atoms with van der Waals surface area (Å²) in [5.41, 5.74) is 5.22. The van der Waals surface area contributed by atoms with Crippen molar-refractivity contribution in [2.24, 2.45) is 0 Å². The van der Waals surface area contributed by atoms with Crippen LogP contribution in [0.15, 0.2) is 77.2 Å². The summed E-state index contributed by atoms with van der Waals surface area (Å²) in [4.78, 5) is 0. The molecule has 0 saturated heterocycles. The Balaban J connectivity index is 1.52. The lowest BCUT2D eigenvalue weighted by atomic mass is 9.87. The normalized spacial score (nSPS) is 11.5. The van der Waals surface area contributed by atoms with Crippen molar-refractivity contribution in [1.82, 2.24) is 10.2 Å². The van der Waals surface area contributed by atoms with Gasteiger partial charge >= 0.3 is 0 Å². The highest BCUT2D eigenvalue weighted by molar-refractivity contribution is 5.68. The Morgan fingerprint density at radius 3 is 1.94 bits per heavy atom. The topological polar surface area (TPSA) is 68.4 Å². The van der Waals surface area contributed by atoms with E-state index in [0.717, 1.165) is 28.0 Å². The number of aromatic nitrogens is 2. The summed E-state index contributed by atoms with van der Waals surface area (Å²) in [6.07, 6.45) is 0. The number of benzene rings is 3. The van der Waals surface area contributed by atoms with Gasteiger partial charge in [-0.1, -0.05) is 57.2 Å². The van der Waals surface area contributed by atoms with E-state index >= 15 is 0 Å². The van der Waals surface area contributed by atoms with Gasteiger partial charge < -0.3 is 14.3 Å². The molecular formula is C26H26N2O3. The van der Waals surface area contributed by atoms with Gasteiger partial charge in [0.2, 0.25) is 11.8 Å². The van der Waals surface area contributed by atoms with Crippen LogP contribution in [0.4, 0.5) is 0 Å². The van der Waals surface area contributed by atoms with E-state index in [1.807, 2.05) is 60.7 Å². The number of aliphatic hydroxyl groups is 1. The molecule has 0 saturated carbocycles. The molecule has 0 amide bonds.